The summed E-state index contributed by atoms with van der Waals surface area (Å²) in [5.41, 5.74) is 0.486. The minimum atomic E-state index is -4.43. The third-order valence-electron chi connectivity index (χ3n) is 4.65. The van der Waals surface area contributed by atoms with Gasteiger partial charge in [0.1, 0.15) is 0 Å². The van der Waals surface area contributed by atoms with Crippen molar-refractivity contribution < 1.29 is 18.0 Å². The summed E-state index contributed by atoms with van der Waals surface area (Å²) in [6.07, 6.45) is 0.902. The topological polar surface area (TPSA) is 20.3 Å². The first-order chi connectivity index (χ1) is 12.4. The number of alkyl halides is 3. The number of Topliss-reactive ketones (excluding diaryl/α,β-unsaturated/α-hetero) is 1. The van der Waals surface area contributed by atoms with Crippen molar-refractivity contribution in [2.24, 2.45) is 5.92 Å². The van der Waals surface area contributed by atoms with E-state index in [4.69, 9.17) is 0 Å². The molecule has 3 rings (SSSR count). The van der Waals surface area contributed by atoms with E-state index in [-0.39, 0.29) is 17.3 Å². The number of piperidine rings is 1. The average Bonchev–Trinajstić information content (AvgIpc) is 2.66. The molecule has 0 bridgehead atoms. The standard InChI is InChI=1S/C21H20F3NO/c22-21(23,24)19-8-4-7-18(15-19)20(26)17-10-13-25(14-11-17)12-9-16-5-2-1-3-6-16/h1-9,12,15,17H,10-11,13-14H2. The molecule has 2 aromatic rings. The predicted octanol–water partition coefficient (Wildman–Crippen LogP) is 5.27. The molecule has 0 radical (unpaired) electrons. The zero-order chi connectivity index (χ0) is 18.6. The Balaban J connectivity index is 1.59. The smallest absolute Gasteiger partial charge is 0.377 e. The lowest BCUT2D eigenvalue weighted by Crippen LogP contribution is -2.33. The molecular formula is C21H20F3NO. The highest BCUT2D eigenvalue weighted by atomic mass is 19.4. The Morgan fingerprint density at radius 2 is 1.69 bits per heavy atom. The molecule has 5 heteroatoms. The first-order valence-corrected chi connectivity index (χ1v) is 8.62. The highest BCUT2D eigenvalue weighted by molar-refractivity contribution is 5.98. The van der Waals surface area contributed by atoms with E-state index in [9.17, 15) is 18.0 Å². The number of halogens is 3. The monoisotopic (exact) mass is 359 g/mol. The molecule has 2 nitrogen and oxygen atoms in total. The van der Waals surface area contributed by atoms with Crippen LogP contribution in [0.3, 0.4) is 0 Å². The number of nitrogens with zero attached hydrogens (tertiary/aromatic N) is 1. The molecule has 0 aliphatic carbocycles. The third-order valence-corrected chi connectivity index (χ3v) is 4.65. The van der Waals surface area contributed by atoms with Gasteiger partial charge in [-0.2, -0.15) is 13.2 Å². The van der Waals surface area contributed by atoms with Gasteiger partial charge < -0.3 is 4.90 Å². The molecule has 26 heavy (non-hydrogen) atoms. The SMILES string of the molecule is O=C(c1cccc(C(F)(F)F)c1)C1CCN(C=Cc2ccccc2)CC1. The van der Waals surface area contributed by atoms with Gasteiger partial charge in [-0.1, -0.05) is 42.5 Å². The van der Waals surface area contributed by atoms with Gasteiger partial charge in [0.25, 0.3) is 0 Å². The normalized spacial score (nSPS) is 16.2. The minimum Gasteiger partial charge on any atom is -0.377 e. The number of carbonyl (C=O) groups is 1. The third kappa shape index (κ3) is 4.54. The fourth-order valence-electron chi connectivity index (χ4n) is 3.15. The summed E-state index contributed by atoms with van der Waals surface area (Å²) in [4.78, 5) is 14.7. The first kappa shape index (κ1) is 18.2. The van der Waals surface area contributed by atoms with Gasteiger partial charge in [-0.05, 0) is 42.8 Å². The maximum atomic E-state index is 12.8. The maximum absolute atomic E-state index is 12.8. The molecule has 1 aliphatic rings. The van der Waals surface area contributed by atoms with Crippen molar-refractivity contribution in [2.45, 2.75) is 19.0 Å². The van der Waals surface area contributed by atoms with E-state index in [1.165, 1.54) is 12.1 Å². The number of carbonyl (C=O) groups excluding carboxylic acids is 1. The molecular weight excluding hydrogens is 339 g/mol. The van der Waals surface area contributed by atoms with Crippen LogP contribution in [0, 0.1) is 5.92 Å². The number of likely N-dealkylation sites (tertiary alicyclic amines) is 1. The Bertz CT molecular complexity index is 775. The van der Waals surface area contributed by atoms with Gasteiger partial charge in [-0.3, -0.25) is 4.79 Å². The van der Waals surface area contributed by atoms with E-state index in [0.717, 1.165) is 30.8 Å². The Morgan fingerprint density at radius 3 is 2.35 bits per heavy atom. The summed E-state index contributed by atoms with van der Waals surface area (Å²) in [7, 11) is 0. The van der Waals surface area contributed by atoms with E-state index in [2.05, 4.69) is 4.90 Å². The molecule has 2 aromatic carbocycles. The van der Waals surface area contributed by atoms with Crippen LogP contribution >= 0.6 is 0 Å². The van der Waals surface area contributed by atoms with Crippen molar-refractivity contribution in [3.8, 4) is 0 Å². The van der Waals surface area contributed by atoms with E-state index in [1.54, 1.807) is 0 Å². The molecule has 1 heterocycles. The second-order valence-corrected chi connectivity index (χ2v) is 6.48. The van der Waals surface area contributed by atoms with Crippen LogP contribution in [-0.2, 0) is 6.18 Å². The fraction of sp³-hybridized carbons (Fsp3) is 0.286. The number of hydrogen-bond donors (Lipinski definition) is 0. The van der Waals surface area contributed by atoms with E-state index in [1.807, 2.05) is 42.6 Å². The highest BCUT2D eigenvalue weighted by Crippen LogP contribution is 2.31. The molecule has 1 saturated heterocycles. The van der Waals surface area contributed by atoms with Crippen LogP contribution in [0.5, 0.6) is 0 Å². The van der Waals surface area contributed by atoms with Crippen molar-refractivity contribution in [3.63, 3.8) is 0 Å². The second-order valence-electron chi connectivity index (χ2n) is 6.48. The lowest BCUT2D eigenvalue weighted by Gasteiger charge is -2.30. The lowest BCUT2D eigenvalue weighted by molar-refractivity contribution is -0.137. The van der Waals surface area contributed by atoms with Crippen LogP contribution in [0.4, 0.5) is 13.2 Å². The van der Waals surface area contributed by atoms with Crippen molar-refractivity contribution in [3.05, 3.63) is 77.5 Å². The van der Waals surface area contributed by atoms with E-state index in [0.29, 0.717) is 12.8 Å². The number of rotatable bonds is 4. The van der Waals surface area contributed by atoms with Crippen molar-refractivity contribution >= 4 is 11.9 Å². The minimum absolute atomic E-state index is 0.151. The molecule has 136 valence electrons. The Kier molecular flexibility index (Phi) is 5.45. The summed E-state index contributed by atoms with van der Waals surface area (Å²) in [6.45, 7) is 1.44. The van der Waals surface area contributed by atoms with Gasteiger partial charge >= 0.3 is 6.18 Å². The van der Waals surface area contributed by atoms with Crippen LogP contribution in [0.25, 0.3) is 6.08 Å². The molecule has 0 saturated carbocycles. The highest BCUT2D eigenvalue weighted by Gasteiger charge is 2.32. The van der Waals surface area contributed by atoms with Crippen LogP contribution < -0.4 is 0 Å². The summed E-state index contributed by atoms with van der Waals surface area (Å²) in [5, 5.41) is 0. The summed E-state index contributed by atoms with van der Waals surface area (Å²) < 4.78 is 38.5. The van der Waals surface area contributed by atoms with Crippen LogP contribution in [0.15, 0.2) is 60.8 Å². The van der Waals surface area contributed by atoms with Crippen molar-refractivity contribution in [1.29, 1.82) is 0 Å². The number of ketones is 1. The maximum Gasteiger partial charge on any atom is 0.416 e. The van der Waals surface area contributed by atoms with E-state index >= 15 is 0 Å². The largest absolute Gasteiger partial charge is 0.416 e. The molecule has 0 spiro atoms. The summed E-state index contributed by atoms with van der Waals surface area (Å²) >= 11 is 0. The Hall–Kier alpha value is -2.56. The number of hydrogen-bond acceptors (Lipinski definition) is 2. The average molecular weight is 359 g/mol. The quantitative estimate of drug-likeness (QED) is 0.693. The van der Waals surface area contributed by atoms with E-state index < -0.39 is 11.7 Å². The lowest BCUT2D eigenvalue weighted by atomic mass is 9.88. The van der Waals surface area contributed by atoms with Gasteiger partial charge in [-0.25, -0.2) is 0 Å². The predicted molar refractivity (Wildman–Crippen MR) is 95.5 cm³/mol. The van der Waals surface area contributed by atoms with Crippen LogP contribution in [0.1, 0.15) is 34.3 Å². The van der Waals surface area contributed by atoms with Crippen molar-refractivity contribution in [2.75, 3.05) is 13.1 Å². The molecule has 1 fully saturated rings. The Labute approximate surface area is 150 Å². The van der Waals surface area contributed by atoms with Crippen LogP contribution in [-0.4, -0.2) is 23.8 Å². The van der Waals surface area contributed by atoms with Crippen molar-refractivity contribution in [1.82, 2.24) is 4.90 Å². The molecule has 0 aromatic heterocycles. The molecule has 0 atom stereocenters. The Morgan fingerprint density at radius 1 is 1.00 bits per heavy atom. The molecule has 1 aliphatic heterocycles. The van der Waals surface area contributed by atoms with Gasteiger partial charge in [0.05, 0.1) is 5.56 Å². The zero-order valence-corrected chi connectivity index (χ0v) is 14.2. The van der Waals surface area contributed by atoms with Gasteiger partial charge in [0.15, 0.2) is 5.78 Å². The fourth-order valence-corrected chi connectivity index (χ4v) is 3.15. The first-order valence-electron chi connectivity index (χ1n) is 8.62. The molecule has 0 N–H and O–H groups in total. The summed E-state index contributed by atoms with van der Waals surface area (Å²) in [6, 6.07) is 14.7. The summed E-state index contributed by atoms with van der Waals surface area (Å²) in [5.74, 6) is -0.414. The van der Waals surface area contributed by atoms with Gasteiger partial charge in [-0.15, -0.1) is 0 Å². The van der Waals surface area contributed by atoms with Gasteiger partial charge in [0.2, 0.25) is 0 Å². The zero-order valence-electron chi connectivity index (χ0n) is 14.2. The van der Waals surface area contributed by atoms with Crippen LogP contribution in [0.2, 0.25) is 0 Å². The molecule has 0 unspecified atom stereocenters. The second kappa shape index (κ2) is 7.77. The van der Waals surface area contributed by atoms with Gasteiger partial charge in [0, 0.05) is 24.6 Å². The molecule has 0 amide bonds. The number of benzene rings is 2.